The van der Waals surface area contributed by atoms with E-state index in [4.69, 9.17) is 17.3 Å². The highest BCUT2D eigenvalue weighted by Crippen LogP contribution is 2.27. The summed E-state index contributed by atoms with van der Waals surface area (Å²) >= 11 is 9.13. The molecule has 1 nitrogen and oxygen atoms in total. The number of benzene rings is 1. The molecule has 0 aromatic heterocycles. The lowest BCUT2D eigenvalue weighted by atomic mass is 10.1. The van der Waals surface area contributed by atoms with Gasteiger partial charge in [0.1, 0.15) is 0 Å². The van der Waals surface area contributed by atoms with E-state index in [0.29, 0.717) is 11.4 Å². The van der Waals surface area contributed by atoms with Crippen molar-refractivity contribution in [3.63, 3.8) is 0 Å². The molecular formula is C9H10BrClFN. The van der Waals surface area contributed by atoms with E-state index in [0.717, 1.165) is 10.0 Å². The fourth-order valence-electron chi connectivity index (χ4n) is 1.07. The Hall–Kier alpha value is -0.120. The molecule has 0 radical (unpaired) electrons. The Morgan fingerprint density at radius 3 is 2.85 bits per heavy atom. The van der Waals surface area contributed by atoms with Crippen molar-refractivity contribution < 1.29 is 4.39 Å². The van der Waals surface area contributed by atoms with E-state index < -0.39 is 6.67 Å². The van der Waals surface area contributed by atoms with E-state index in [1.54, 1.807) is 12.1 Å². The molecule has 0 bridgehead atoms. The smallest absolute Gasteiger partial charge is 0.0912 e. The Morgan fingerprint density at radius 2 is 2.23 bits per heavy atom. The molecular weight excluding hydrogens is 256 g/mol. The van der Waals surface area contributed by atoms with Crippen LogP contribution < -0.4 is 5.73 Å². The third kappa shape index (κ3) is 2.93. The van der Waals surface area contributed by atoms with Crippen LogP contribution in [0.3, 0.4) is 0 Å². The van der Waals surface area contributed by atoms with Crippen molar-refractivity contribution in [1.82, 2.24) is 0 Å². The Balaban J connectivity index is 2.91. The second kappa shape index (κ2) is 4.94. The SMILES string of the molecule is N[C@H](CCF)c1cc(Cl)ccc1Br. The van der Waals surface area contributed by atoms with E-state index >= 15 is 0 Å². The standard InChI is InChI=1S/C9H10BrClFN/c10-8-2-1-6(11)5-7(8)9(13)3-4-12/h1-2,5,9H,3-4,13H2/t9-/m1/s1. The van der Waals surface area contributed by atoms with Crippen LogP contribution in [0, 0.1) is 0 Å². The summed E-state index contributed by atoms with van der Waals surface area (Å²) in [6.07, 6.45) is 0.318. The number of alkyl halides is 1. The fourth-order valence-corrected chi connectivity index (χ4v) is 1.79. The lowest BCUT2D eigenvalue weighted by Crippen LogP contribution is -2.11. The quantitative estimate of drug-likeness (QED) is 0.891. The van der Waals surface area contributed by atoms with Crippen LogP contribution in [0.5, 0.6) is 0 Å². The molecule has 1 aromatic rings. The van der Waals surface area contributed by atoms with Gasteiger partial charge in [0, 0.05) is 15.5 Å². The van der Waals surface area contributed by atoms with Crippen LogP contribution in [0.2, 0.25) is 5.02 Å². The second-order valence-corrected chi connectivity index (χ2v) is 4.04. The number of halogens is 3. The summed E-state index contributed by atoms with van der Waals surface area (Å²) in [5.41, 5.74) is 6.60. The Bertz CT molecular complexity index is 293. The van der Waals surface area contributed by atoms with Crippen molar-refractivity contribution in [2.75, 3.05) is 6.67 Å². The van der Waals surface area contributed by atoms with Crippen LogP contribution in [0.15, 0.2) is 22.7 Å². The molecule has 0 aliphatic heterocycles. The summed E-state index contributed by atoms with van der Waals surface area (Å²) in [6, 6.07) is 5.04. The van der Waals surface area contributed by atoms with Gasteiger partial charge in [-0.25, -0.2) is 0 Å². The molecule has 0 saturated heterocycles. The van der Waals surface area contributed by atoms with Crippen molar-refractivity contribution in [2.24, 2.45) is 5.73 Å². The normalized spacial score (nSPS) is 12.9. The minimum Gasteiger partial charge on any atom is -0.324 e. The van der Waals surface area contributed by atoms with Gasteiger partial charge in [-0.3, -0.25) is 4.39 Å². The lowest BCUT2D eigenvalue weighted by Gasteiger charge is -2.12. The van der Waals surface area contributed by atoms with Gasteiger partial charge < -0.3 is 5.73 Å². The van der Waals surface area contributed by atoms with Crippen molar-refractivity contribution in [2.45, 2.75) is 12.5 Å². The maximum atomic E-state index is 12.0. The molecule has 0 aliphatic rings. The third-order valence-electron chi connectivity index (χ3n) is 1.78. The summed E-state index contributed by atoms with van der Waals surface area (Å²) in [5, 5.41) is 0.618. The summed E-state index contributed by atoms with van der Waals surface area (Å²) in [5.74, 6) is 0. The van der Waals surface area contributed by atoms with Gasteiger partial charge in [-0.05, 0) is 30.2 Å². The van der Waals surface area contributed by atoms with Crippen LogP contribution in [0.4, 0.5) is 4.39 Å². The van der Waals surface area contributed by atoms with Gasteiger partial charge >= 0.3 is 0 Å². The minimum absolute atomic E-state index is 0.293. The predicted octanol–water partition coefficient (Wildman–Crippen LogP) is 3.46. The average molecular weight is 267 g/mol. The Labute approximate surface area is 90.2 Å². The van der Waals surface area contributed by atoms with Crippen LogP contribution in [0.1, 0.15) is 18.0 Å². The Morgan fingerprint density at radius 1 is 1.54 bits per heavy atom. The fraction of sp³-hybridized carbons (Fsp3) is 0.333. The molecule has 4 heteroatoms. The first-order chi connectivity index (χ1) is 6.15. The molecule has 0 amide bonds. The summed E-state index contributed by atoms with van der Waals surface area (Å²) < 4.78 is 12.9. The van der Waals surface area contributed by atoms with Crippen molar-refractivity contribution in [3.05, 3.63) is 33.3 Å². The van der Waals surface area contributed by atoms with Crippen LogP contribution in [0.25, 0.3) is 0 Å². The van der Waals surface area contributed by atoms with Gasteiger partial charge in [0.15, 0.2) is 0 Å². The molecule has 72 valence electrons. The number of hydrogen-bond acceptors (Lipinski definition) is 1. The van der Waals surface area contributed by atoms with Crippen LogP contribution in [-0.4, -0.2) is 6.67 Å². The zero-order valence-corrected chi connectivity index (χ0v) is 9.28. The maximum absolute atomic E-state index is 12.0. The largest absolute Gasteiger partial charge is 0.324 e. The minimum atomic E-state index is -0.417. The van der Waals surface area contributed by atoms with E-state index in [1.807, 2.05) is 6.07 Å². The van der Waals surface area contributed by atoms with Gasteiger partial charge in [-0.1, -0.05) is 27.5 Å². The molecule has 2 N–H and O–H groups in total. The molecule has 0 heterocycles. The van der Waals surface area contributed by atoms with Crippen LogP contribution in [-0.2, 0) is 0 Å². The zero-order valence-electron chi connectivity index (χ0n) is 6.93. The van der Waals surface area contributed by atoms with Crippen molar-refractivity contribution in [3.8, 4) is 0 Å². The highest BCUT2D eigenvalue weighted by atomic mass is 79.9. The van der Waals surface area contributed by atoms with E-state index in [2.05, 4.69) is 15.9 Å². The summed E-state index contributed by atoms with van der Waals surface area (Å²) in [6.45, 7) is -0.417. The molecule has 1 rings (SSSR count). The molecule has 0 saturated carbocycles. The van der Waals surface area contributed by atoms with Crippen molar-refractivity contribution >= 4 is 27.5 Å². The molecule has 1 aromatic carbocycles. The second-order valence-electron chi connectivity index (χ2n) is 2.75. The molecule has 0 spiro atoms. The number of rotatable bonds is 3. The molecule has 0 aliphatic carbocycles. The van der Waals surface area contributed by atoms with Gasteiger partial charge in [0.05, 0.1) is 6.67 Å². The molecule has 0 unspecified atom stereocenters. The van der Waals surface area contributed by atoms with Crippen molar-refractivity contribution in [1.29, 1.82) is 0 Å². The average Bonchev–Trinajstić information content (AvgIpc) is 2.09. The molecule has 1 atom stereocenters. The third-order valence-corrected chi connectivity index (χ3v) is 2.73. The summed E-state index contributed by atoms with van der Waals surface area (Å²) in [7, 11) is 0. The maximum Gasteiger partial charge on any atom is 0.0912 e. The molecule has 13 heavy (non-hydrogen) atoms. The van der Waals surface area contributed by atoms with Gasteiger partial charge in [0.25, 0.3) is 0 Å². The van der Waals surface area contributed by atoms with E-state index in [-0.39, 0.29) is 6.04 Å². The van der Waals surface area contributed by atoms with Gasteiger partial charge in [-0.15, -0.1) is 0 Å². The van der Waals surface area contributed by atoms with Gasteiger partial charge in [0.2, 0.25) is 0 Å². The Kier molecular flexibility index (Phi) is 4.16. The monoisotopic (exact) mass is 265 g/mol. The highest BCUT2D eigenvalue weighted by molar-refractivity contribution is 9.10. The summed E-state index contributed by atoms with van der Waals surface area (Å²) in [4.78, 5) is 0. The predicted molar refractivity (Wildman–Crippen MR) is 56.7 cm³/mol. The zero-order chi connectivity index (χ0) is 9.84. The first-order valence-electron chi connectivity index (χ1n) is 3.91. The topological polar surface area (TPSA) is 26.0 Å². The van der Waals surface area contributed by atoms with E-state index in [1.165, 1.54) is 0 Å². The van der Waals surface area contributed by atoms with Gasteiger partial charge in [-0.2, -0.15) is 0 Å². The molecule has 0 fully saturated rings. The number of nitrogens with two attached hydrogens (primary N) is 1. The lowest BCUT2D eigenvalue weighted by molar-refractivity contribution is 0.441. The highest BCUT2D eigenvalue weighted by Gasteiger charge is 2.09. The first kappa shape index (κ1) is 11.0. The number of hydrogen-bond donors (Lipinski definition) is 1. The van der Waals surface area contributed by atoms with Crippen LogP contribution >= 0.6 is 27.5 Å². The first-order valence-corrected chi connectivity index (χ1v) is 5.08. The van der Waals surface area contributed by atoms with E-state index in [9.17, 15) is 4.39 Å².